The van der Waals surface area contributed by atoms with Crippen LogP contribution in [-0.4, -0.2) is 39.4 Å². The van der Waals surface area contributed by atoms with Gasteiger partial charge in [0.25, 0.3) is 0 Å². The third-order valence-corrected chi connectivity index (χ3v) is 7.65. The fraction of sp³-hybridized carbons (Fsp3) is 0.480. The molecule has 3 aliphatic heterocycles. The number of nitrogens with zero attached hydrogens (tertiary/aromatic N) is 2. The van der Waals surface area contributed by atoms with E-state index in [1.54, 1.807) is 0 Å². The number of carbonyl (C=O) groups is 1. The van der Waals surface area contributed by atoms with Crippen molar-refractivity contribution in [1.82, 2.24) is 9.80 Å². The van der Waals surface area contributed by atoms with Gasteiger partial charge in [0.05, 0.1) is 0 Å². The third-order valence-electron chi connectivity index (χ3n) is 7.65. The average molecular weight is 391 g/mol. The minimum atomic E-state index is -0.312. The molecule has 0 saturated carbocycles. The first-order valence-corrected chi connectivity index (χ1v) is 10.8. The normalized spacial score (nSPS) is 28.8. The molecule has 3 heterocycles. The molecule has 3 fully saturated rings. The summed E-state index contributed by atoms with van der Waals surface area (Å²) in [6.45, 7) is 8.63. The molecule has 5 rings (SSSR count). The van der Waals surface area contributed by atoms with Crippen molar-refractivity contribution in [3.8, 4) is 5.75 Å². The van der Waals surface area contributed by atoms with E-state index in [0.29, 0.717) is 17.6 Å². The largest absolute Gasteiger partial charge is 0.507 e. The number of amides is 1. The van der Waals surface area contributed by atoms with Gasteiger partial charge in [-0.15, -0.1) is 0 Å². The van der Waals surface area contributed by atoms with E-state index in [1.807, 2.05) is 13.8 Å². The fourth-order valence-electron chi connectivity index (χ4n) is 6.21. The number of benzene rings is 2. The van der Waals surface area contributed by atoms with Crippen LogP contribution in [0, 0.1) is 26.7 Å². The third kappa shape index (κ3) is 2.65. The van der Waals surface area contributed by atoms with Gasteiger partial charge in [0, 0.05) is 25.0 Å². The molecule has 4 heteroatoms. The summed E-state index contributed by atoms with van der Waals surface area (Å²) in [5.41, 5.74) is 5.31. The summed E-state index contributed by atoms with van der Waals surface area (Å²) in [7, 11) is 0. The van der Waals surface area contributed by atoms with Crippen molar-refractivity contribution in [2.75, 3.05) is 13.1 Å². The van der Waals surface area contributed by atoms with Gasteiger partial charge in [-0.3, -0.25) is 9.69 Å². The molecule has 152 valence electrons. The molecule has 0 radical (unpaired) electrons. The van der Waals surface area contributed by atoms with E-state index in [-0.39, 0.29) is 11.6 Å². The Balaban J connectivity index is 1.45. The molecule has 2 aromatic rings. The first-order chi connectivity index (χ1) is 13.9. The molecule has 3 saturated heterocycles. The van der Waals surface area contributed by atoms with Crippen LogP contribution in [0.4, 0.5) is 0 Å². The number of hydrogen-bond acceptors (Lipinski definition) is 3. The van der Waals surface area contributed by atoms with Gasteiger partial charge in [0.1, 0.15) is 11.3 Å². The number of aryl methyl sites for hydroxylation is 3. The van der Waals surface area contributed by atoms with E-state index in [1.165, 1.54) is 16.7 Å². The molecule has 4 nitrogen and oxygen atoms in total. The SMILES string of the molecule is Cc1ccccc1CN1C[C@@H]2C[C@@H](c3cc(C)c(O)c(C)c3)N3CCC[C@@]23C1=O. The van der Waals surface area contributed by atoms with Gasteiger partial charge >= 0.3 is 0 Å². The summed E-state index contributed by atoms with van der Waals surface area (Å²) in [6.07, 6.45) is 3.10. The lowest BCUT2D eigenvalue weighted by Crippen LogP contribution is -2.49. The van der Waals surface area contributed by atoms with Crippen molar-refractivity contribution in [2.45, 2.75) is 58.2 Å². The van der Waals surface area contributed by atoms with Crippen molar-refractivity contribution in [2.24, 2.45) is 5.92 Å². The van der Waals surface area contributed by atoms with Crippen LogP contribution in [-0.2, 0) is 11.3 Å². The Morgan fingerprint density at radius 3 is 2.55 bits per heavy atom. The Morgan fingerprint density at radius 2 is 1.83 bits per heavy atom. The van der Waals surface area contributed by atoms with Crippen LogP contribution in [0.5, 0.6) is 5.75 Å². The first-order valence-electron chi connectivity index (χ1n) is 10.8. The van der Waals surface area contributed by atoms with Crippen molar-refractivity contribution >= 4 is 5.91 Å². The lowest BCUT2D eigenvalue weighted by atomic mass is 9.85. The lowest BCUT2D eigenvalue weighted by molar-refractivity contribution is -0.137. The highest BCUT2D eigenvalue weighted by Crippen LogP contribution is 2.56. The lowest BCUT2D eigenvalue weighted by Gasteiger charge is -2.34. The summed E-state index contributed by atoms with van der Waals surface area (Å²) in [4.78, 5) is 18.3. The van der Waals surface area contributed by atoms with Crippen molar-refractivity contribution in [3.63, 3.8) is 0 Å². The molecule has 3 aliphatic rings. The van der Waals surface area contributed by atoms with Crippen LogP contribution >= 0.6 is 0 Å². The number of carbonyl (C=O) groups excluding carboxylic acids is 1. The Hall–Kier alpha value is -2.33. The summed E-state index contributed by atoms with van der Waals surface area (Å²) in [6, 6.07) is 12.9. The highest BCUT2D eigenvalue weighted by molar-refractivity contribution is 5.90. The van der Waals surface area contributed by atoms with Crippen molar-refractivity contribution in [3.05, 3.63) is 64.2 Å². The molecule has 0 bridgehead atoms. The quantitative estimate of drug-likeness (QED) is 0.852. The van der Waals surface area contributed by atoms with Gasteiger partial charge in [0.15, 0.2) is 0 Å². The molecule has 0 unspecified atom stereocenters. The Morgan fingerprint density at radius 1 is 1.10 bits per heavy atom. The number of hydrogen-bond donors (Lipinski definition) is 1. The number of phenols is 1. The van der Waals surface area contributed by atoms with Crippen LogP contribution in [0.3, 0.4) is 0 Å². The predicted octanol–water partition coefficient (Wildman–Crippen LogP) is 4.26. The second-order valence-electron chi connectivity index (χ2n) is 9.29. The first kappa shape index (κ1) is 18.7. The molecule has 0 aliphatic carbocycles. The summed E-state index contributed by atoms with van der Waals surface area (Å²) < 4.78 is 0. The molecule has 1 spiro atoms. The second-order valence-corrected chi connectivity index (χ2v) is 9.29. The topological polar surface area (TPSA) is 43.8 Å². The standard InChI is InChI=1S/C25H30N2O2/c1-16-7-4-5-8-19(16)14-26-15-21-13-22(20-11-17(2)23(28)18(3)12-20)27-10-6-9-25(21,27)24(26)29/h4-5,7-8,11-12,21-22,28H,6,9-10,13-15H2,1-3H3/t21-,22-,25-/m0/s1. The maximum absolute atomic E-state index is 13.7. The Kier molecular flexibility index (Phi) is 4.25. The van der Waals surface area contributed by atoms with Crippen LogP contribution in [0.25, 0.3) is 0 Å². The van der Waals surface area contributed by atoms with Gasteiger partial charge in [-0.05, 0) is 74.4 Å². The van der Waals surface area contributed by atoms with Crippen molar-refractivity contribution < 1.29 is 9.90 Å². The Bertz CT molecular complexity index is 962. The Labute approximate surface area is 173 Å². The van der Waals surface area contributed by atoms with Crippen molar-refractivity contribution in [1.29, 1.82) is 0 Å². The van der Waals surface area contributed by atoms with E-state index in [9.17, 15) is 9.90 Å². The number of phenolic OH excluding ortho intramolecular Hbond substituents is 1. The molecular formula is C25H30N2O2. The van der Waals surface area contributed by atoms with Crippen LogP contribution in [0.1, 0.15) is 53.1 Å². The minimum absolute atomic E-state index is 0.282. The minimum Gasteiger partial charge on any atom is -0.507 e. The molecule has 0 aromatic heterocycles. The average Bonchev–Trinajstić information content (AvgIpc) is 3.32. The van der Waals surface area contributed by atoms with Crippen LogP contribution in [0.15, 0.2) is 36.4 Å². The second kappa shape index (κ2) is 6.60. The number of aromatic hydroxyl groups is 1. The number of likely N-dealkylation sites (tertiary alicyclic amines) is 1. The highest BCUT2D eigenvalue weighted by Gasteiger charge is 2.65. The van der Waals surface area contributed by atoms with Gasteiger partial charge in [-0.1, -0.05) is 36.4 Å². The fourth-order valence-corrected chi connectivity index (χ4v) is 6.21. The van der Waals surface area contributed by atoms with Gasteiger partial charge in [-0.25, -0.2) is 0 Å². The molecule has 2 aromatic carbocycles. The molecule has 1 amide bonds. The van der Waals surface area contributed by atoms with Crippen LogP contribution < -0.4 is 0 Å². The molecule has 1 N–H and O–H groups in total. The summed E-state index contributed by atoms with van der Waals surface area (Å²) >= 11 is 0. The van der Waals surface area contributed by atoms with E-state index in [2.05, 4.69) is 53.1 Å². The van der Waals surface area contributed by atoms with E-state index in [0.717, 1.165) is 50.0 Å². The molecular weight excluding hydrogens is 360 g/mol. The highest BCUT2D eigenvalue weighted by atomic mass is 16.3. The van der Waals surface area contributed by atoms with E-state index in [4.69, 9.17) is 0 Å². The van der Waals surface area contributed by atoms with Gasteiger partial charge in [-0.2, -0.15) is 0 Å². The van der Waals surface area contributed by atoms with Gasteiger partial charge in [0.2, 0.25) is 5.91 Å². The molecule has 3 atom stereocenters. The summed E-state index contributed by atoms with van der Waals surface area (Å²) in [5, 5.41) is 10.2. The zero-order chi connectivity index (χ0) is 20.3. The zero-order valence-corrected chi connectivity index (χ0v) is 17.6. The summed E-state index contributed by atoms with van der Waals surface area (Å²) in [5.74, 6) is 1.11. The van der Waals surface area contributed by atoms with E-state index >= 15 is 0 Å². The molecule has 29 heavy (non-hydrogen) atoms. The number of rotatable bonds is 3. The van der Waals surface area contributed by atoms with Gasteiger partial charge < -0.3 is 10.0 Å². The van der Waals surface area contributed by atoms with E-state index < -0.39 is 0 Å². The smallest absolute Gasteiger partial charge is 0.243 e. The maximum atomic E-state index is 13.7. The predicted molar refractivity (Wildman–Crippen MR) is 114 cm³/mol. The monoisotopic (exact) mass is 390 g/mol. The van der Waals surface area contributed by atoms with Crippen LogP contribution in [0.2, 0.25) is 0 Å². The maximum Gasteiger partial charge on any atom is 0.243 e. The zero-order valence-electron chi connectivity index (χ0n) is 17.6.